The van der Waals surface area contributed by atoms with E-state index in [-0.39, 0.29) is 23.9 Å². The largest absolute Gasteiger partial charge is 0.352 e. The summed E-state index contributed by atoms with van der Waals surface area (Å²) in [5, 5.41) is 3.21. The molecule has 1 saturated carbocycles. The van der Waals surface area contributed by atoms with Crippen molar-refractivity contribution in [2.75, 3.05) is 20.6 Å². The third-order valence-corrected chi connectivity index (χ3v) is 4.33. The molecule has 1 aliphatic carbocycles. The molecule has 3 N–H and O–H groups in total. The molecule has 1 aliphatic rings. The van der Waals surface area contributed by atoms with Gasteiger partial charge in [-0.2, -0.15) is 0 Å². The minimum Gasteiger partial charge on any atom is -0.352 e. The summed E-state index contributed by atoms with van der Waals surface area (Å²) < 4.78 is 0. The van der Waals surface area contributed by atoms with Crippen molar-refractivity contribution in [3.63, 3.8) is 0 Å². The summed E-state index contributed by atoms with van der Waals surface area (Å²) in [6.45, 7) is 7.33. The van der Waals surface area contributed by atoms with Crippen molar-refractivity contribution in [1.29, 1.82) is 0 Å². The average Bonchev–Trinajstić information content (AvgIpc) is 2.31. The van der Waals surface area contributed by atoms with Gasteiger partial charge in [0.25, 0.3) is 0 Å². The van der Waals surface area contributed by atoms with Crippen molar-refractivity contribution in [2.45, 2.75) is 52.1 Å². The monoisotopic (exact) mass is 269 g/mol. The maximum Gasteiger partial charge on any atom is 0.224 e. The summed E-state index contributed by atoms with van der Waals surface area (Å²) in [5.41, 5.74) is 6.21. The average molecular weight is 269 g/mol. The Labute approximate surface area is 118 Å². The maximum atomic E-state index is 12.4. The maximum absolute atomic E-state index is 12.4. The molecule has 0 heterocycles. The Kier molecular flexibility index (Phi) is 6.27. The van der Waals surface area contributed by atoms with Gasteiger partial charge in [0.2, 0.25) is 5.91 Å². The molecule has 0 spiro atoms. The van der Waals surface area contributed by atoms with Gasteiger partial charge in [0.05, 0.1) is 5.92 Å². The standard InChI is InChI=1S/C15H31N3O/c1-10(2)13(9-18(4)5)17-15(19)12-8-6-7-11(3)14(12)16/h10-14H,6-9,16H2,1-5H3,(H,17,19). The van der Waals surface area contributed by atoms with Crippen molar-refractivity contribution >= 4 is 5.91 Å². The van der Waals surface area contributed by atoms with Gasteiger partial charge >= 0.3 is 0 Å². The number of carbonyl (C=O) groups excluding carboxylic acids is 1. The van der Waals surface area contributed by atoms with Crippen LogP contribution in [-0.4, -0.2) is 43.5 Å². The molecule has 0 bridgehead atoms. The first-order valence-electron chi connectivity index (χ1n) is 7.53. The lowest BCUT2D eigenvalue weighted by Gasteiger charge is -2.35. The molecule has 0 aliphatic heterocycles. The Balaban J connectivity index is 2.60. The van der Waals surface area contributed by atoms with Gasteiger partial charge in [-0.25, -0.2) is 0 Å². The third kappa shape index (κ3) is 4.77. The lowest BCUT2D eigenvalue weighted by Crippen LogP contribution is -2.52. The van der Waals surface area contributed by atoms with Crippen molar-refractivity contribution in [1.82, 2.24) is 10.2 Å². The first kappa shape index (κ1) is 16.4. The van der Waals surface area contributed by atoms with E-state index in [2.05, 4.69) is 31.0 Å². The van der Waals surface area contributed by atoms with Crippen molar-refractivity contribution in [3.8, 4) is 0 Å². The van der Waals surface area contributed by atoms with Crippen molar-refractivity contribution in [3.05, 3.63) is 0 Å². The second-order valence-corrected chi connectivity index (χ2v) is 6.71. The molecular weight excluding hydrogens is 238 g/mol. The van der Waals surface area contributed by atoms with E-state index in [1.807, 2.05) is 14.1 Å². The molecule has 0 aromatic carbocycles. The minimum atomic E-state index is -0.00726. The topological polar surface area (TPSA) is 58.4 Å². The van der Waals surface area contributed by atoms with Crippen LogP contribution in [0.5, 0.6) is 0 Å². The van der Waals surface area contributed by atoms with Crippen LogP contribution in [0.15, 0.2) is 0 Å². The van der Waals surface area contributed by atoms with Crippen LogP contribution in [-0.2, 0) is 4.79 Å². The van der Waals surface area contributed by atoms with E-state index >= 15 is 0 Å². The highest BCUT2D eigenvalue weighted by molar-refractivity contribution is 5.79. The molecular formula is C15H31N3O. The molecule has 1 amide bonds. The summed E-state index contributed by atoms with van der Waals surface area (Å²) in [5.74, 6) is 1.03. The summed E-state index contributed by atoms with van der Waals surface area (Å²) in [4.78, 5) is 14.6. The second kappa shape index (κ2) is 7.25. The van der Waals surface area contributed by atoms with Crippen LogP contribution in [0.1, 0.15) is 40.0 Å². The van der Waals surface area contributed by atoms with Crippen molar-refractivity contribution < 1.29 is 4.79 Å². The normalized spacial score (nSPS) is 29.6. The van der Waals surface area contributed by atoms with Gasteiger partial charge in [0, 0.05) is 18.6 Å². The van der Waals surface area contributed by atoms with Gasteiger partial charge in [0.1, 0.15) is 0 Å². The lowest BCUT2D eigenvalue weighted by atomic mass is 9.77. The van der Waals surface area contributed by atoms with E-state index in [4.69, 9.17) is 5.73 Å². The molecule has 19 heavy (non-hydrogen) atoms. The predicted molar refractivity (Wildman–Crippen MR) is 79.8 cm³/mol. The second-order valence-electron chi connectivity index (χ2n) is 6.71. The fraction of sp³-hybridized carbons (Fsp3) is 0.933. The molecule has 1 fully saturated rings. The van der Waals surface area contributed by atoms with E-state index in [9.17, 15) is 4.79 Å². The molecule has 0 aromatic rings. The molecule has 4 nitrogen and oxygen atoms in total. The fourth-order valence-electron chi connectivity index (χ4n) is 2.85. The number of nitrogens with two attached hydrogens (primary N) is 1. The SMILES string of the molecule is CC(C)C(CN(C)C)NC(=O)C1CCCC(C)C1N. The Morgan fingerprint density at radius 3 is 2.53 bits per heavy atom. The van der Waals surface area contributed by atoms with Crippen LogP contribution in [0, 0.1) is 17.8 Å². The van der Waals surface area contributed by atoms with Crippen LogP contribution in [0.2, 0.25) is 0 Å². The first-order chi connectivity index (χ1) is 8.82. The predicted octanol–water partition coefficient (Wildman–Crippen LogP) is 1.45. The van der Waals surface area contributed by atoms with E-state index in [1.54, 1.807) is 0 Å². The van der Waals surface area contributed by atoms with Crippen LogP contribution < -0.4 is 11.1 Å². The Hall–Kier alpha value is -0.610. The summed E-state index contributed by atoms with van der Waals surface area (Å²) in [6.07, 6.45) is 3.20. The molecule has 4 atom stereocenters. The Bertz CT molecular complexity index is 291. The molecule has 1 rings (SSSR count). The molecule has 0 saturated heterocycles. The number of nitrogens with zero attached hydrogens (tertiary/aromatic N) is 1. The third-order valence-electron chi connectivity index (χ3n) is 4.33. The quantitative estimate of drug-likeness (QED) is 0.794. The zero-order chi connectivity index (χ0) is 14.6. The minimum absolute atomic E-state index is 0.00726. The highest BCUT2D eigenvalue weighted by Gasteiger charge is 2.33. The summed E-state index contributed by atoms with van der Waals surface area (Å²) in [7, 11) is 4.08. The van der Waals surface area contributed by atoms with Gasteiger partial charge in [0.15, 0.2) is 0 Å². The molecule has 4 heteroatoms. The molecule has 0 radical (unpaired) electrons. The number of rotatable bonds is 5. The Morgan fingerprint density at radius 1 is 1.37 bits per heavy atom. The van der Waals surface area contributed by atoms with E-state index in [0.29, 0.717) is 11.8 Å². The van der Waals surface area contributed by atoms with Gasteiger partial charge in [-0.1, -0.05) is 27.2 Å². The van der Waals surface area contributed by atoms with Crippen LogP contribution in [0.3, 0.4) is 0 Å². The highest BCUT2D eigenvalue weighted by atomic mass is 16.2. The Morgan fingerprint density at radius 2 is 2.00 bits per heavy atom. The van der Waals surface area contributed by atoms with Crippen molar-refractivity contribution in [2.24, 2.45) is 23.5 Å². The highest BCUT2D eigenvalue weighted by Crippen LogP contribution is 2.28. The van der Waals surface area contributed by atoms with Gasteiger partial charge in [-0.05, 0) is 38.8 Å². The van der Waals surface area contributed by atoms with E-state index in [0.717, 1.165) is 25.8 Å². The van der Waals surface area contributed by atoms with Crippen LogP contribution in [0.25, 0.3) is 0 Å². The number of nitrogens with one attached hydrogen (secondary N) is 1. The fourth-order valence-corrected chi connectivity index (χ4v) is 2.85. The van der Waals surface area contributed by atoms with Gasteiger partial charge < -0.3 is 16.0 Å². The molecule has 0 aromatic heterocycles. The number of hydrogen-bond acceptors (Lipinski definition) is 3. The summed E-state index contributed by atoms with van der Waals surface area (Å²) in [6, 6.07) is 0.216. The number of hydrogen-bond donors (Lipinski definition) is 2. The molecule has 4 unspecified atom stereocenters. The zero-order valence-corrected chi connectivity index (χ0v) is 13.1. The van der Waals surface area contributed by atoms with E-state index in [1.165, 1.54) is 0 Å². The van der Waals surface area contributed by atoms with Gasteiger partial charge in [-0.3, -0.25) is 4.79 Å². The summed E-state index contributed by atoms with van der Waals surface area (Å²) >= 11 is 0. The molecule has 112 valence electrons. The van der Waals surface area contributed by atoms with E-state index < -0.39 is 0 Å². The van der Waals surface area contributed by atoms with Crippen LogP contribution >= 0.6 is 0 Å². The van der Waals surface area contributed by atoms with Crippen LogP contribution in [0.4, 0.5) is 0 Å². The lowest BCUT2D eigenvalue weighted by molar-refractivity contribution is -0.128. The smallest absolute Gasteiger partial charge is 0.224 e. The van der Waals surface area contributed by atoms with Gasteiger partial charge in [-0.15, -0.1) is 0 Å². The zero-order valence-electron chi connectivity index (χ0n) is 13.1. The first-order valence-corrected chi connectivity index (χ1v) is 7.53. The number of amides is 1. The number of likely N-dealkylation sites (N-methyl/N-ethyl adjacent to an activating group) is 1. The number of carbonyl (C=O) groups is 1.